The third-order valence-corrected chi connectivity index (χ3v) is 3.33. The van der Waals surface area contributed by atoms with Crippen molar-refractivity contribution in [3.05, 3.63) is 35.9 Å². The third-order valence-electron chi connectivity index (χ3n) is 3.33. The second-order valence-corrected chi connectivity index (χ2v) is 4.84. The van der Waals surface area contributed by atoms with E-state index in [9.17, 15) is 9.59 Å². The van der Waals surface area contributed by atoms with E-state index >= 15 is 0 Å². The van der Waals surface area contributed by atoms with Crippen molar-refractivity contribution < 1.29 is 19.1 Å². The number of cyclic esters (lactones) is 1. The van der Waals surface area contributed by atoms with Gasteiger partial charge in [-0.2, -0.15) is 0 Å². The fraction of sp³-hybridized carbons (Fsp3) is 0.429. The van der Waals surface area contributed by atoms with Gasteiger partial charge in [-0.3, -0.25) is 4.79 Å². The highest BCUT2D eigenvalue weighted by Gasteiger charge is 2.47. The molecule has 0 spiro atoms. The SMILES string of the molecule is CC(C)[C@@]1(NC(=O)c2ccccc2)COCOC1=O. The van der Waals surface area contributed by atoms with Crippen molar-refractivity contribution >= 4 is 11.9 Å². The van der Waals surface area contributed by atoms with Crippen molar-refractivity contribution in [2.24, 2.45) is 5.92 Å². The summed E-state index contributed by atoms with van der Waals surface area (Å²) in [5, 5.41) is 2.76. The van der Waals surface area contributed by atoms with Crippen LogP contribution in [0.25, 0.3) is 0 Å². The molecule has 0 aromatic heterocycles. The molecule has 102 valence electrons. The number of hydrogen-bond acceptors (Lipinski definition) is 4. The molecule has 0 unspecified atom stereocenters. The molecule has 1 aliphatic heterocycles. The van der Waals surface area contributed by atoms with E-state index in [0.29, 0.717) is 5.56 Å². The first-order valence-corrected chi connectivity index (χ1v) is 6.19. The Bertz CT molecular complexity index is 472. The summed E-state index contributed by atoms with van der Waals surface area (Å²) in [6, 6.07) is 8.75. The summed E-state index contributed by atoms with van der Waals surface area (Å²) in [6.07, 6.45) is 0. The molecule has 19 heavy (non-hydrogen) atoms. The van der Waals surface area contributed by atoms with E-state index < -0.39 is 11.5 Å². The van der Waals surface area contributed by atoms with Crippen LogP contribution in [0.3, 0.4) is 0 Å². The normalized spacial score (nSPS) is 23.0. The lowest BCUT2D eigenvalue weighted by Gasteiger charge is -2.38. The predicted molar refractivity (Wildman–Crippen MR) is 68.4 cm³/mol. The minimum atomic E-state index is -1.12. The number of nitrogens with one attached hydrogen (secondary N) is 1. The van der Waals surface area contributed by atoms with Gasteiger partial charge in [-0.15, -0.1) is 0 Å². The quantitative estimate of drug-likeness (QED) is 0.836. The first-order valence-electron chi connectivity index (χ1n) is 6.19. The number of carbonyl (C=O) groups is 2. The van der Waals surface area contributed by atoms with Gasteiger partial charge in [0.2, 0.25) is 0 Å². The van der Waals surface area contributed by atoms with Gasteiger partial charge in [0.05, 0.1) is 6.61 Å². The average Bonchev–Trinajstić information content (AvgIpc) is 2.42. The molecule has 1 N–H and O–H groups in total. The molecule has 0 bridgehead atoms. The smallest absolute Gasteiger partial charge is 0.336 e. The van der Waals surface area contributed by atoms with Gasteiger partial charge in [-0.1, -0.05) is 32.0 Å². The van der Waals surface area contributed by atoms with Gasteiger partial charge in [0.25, 0.3) is 5.91 Å². The molecule has 1 fully saturated rings. The highest BCUT2D eigenvalue weighted by molar-refractivity contribution is 5.98. The Morgan fingerprint density at radius 3 is 2.58 bits per heavy atom. The molecule has 0 saturated carbocycles. The average molecular weight is 263 g/mol. The van der Waals surface area contributed by atoms with Crippen LogP contribution in [0.5, 0.6) is 0 Å². The van der Waals surface area contributed by atoms with Gasteiger partial charge in [-0.05, 0) is 18.1 Å². The lowest BCUT2D eigenvalue weighted by Crippen LogP contribution is -2.63. The molecule has 1 aromatic rings. The van der Waals surface area contributed by atoms with E-state index in [-0.39, 0.29) is 25.2 Å². The van der Waals surface area contributed by atoms with Gasteiger partial charge in [0, 0.05) is 5.56 Å². The van der Waals surface area contributed by atoms with Gasteiger partial charge in [0.15, 0.2) is 12.3 Å². The number of hydrogen-bond donors (Lipinski definition) is 1. The lowest BCUT2D eigenvalue weighted by molar-refractivity contribution is -0.188. The van der Waals surface area contributed by atoms with Gasteiger partial charge in [0.1, 0.15) is 0 Å². The Hall–Kier alpha value is -1.88. The van der Waals surface area contributed by atoms with Crippen molar-refractivity contribution in [3.63, 3.8) is 0 Å². The lowest BCUT2D eigenvalue weighted by atomic mass is 9.86. The van der Waals surface area contributed by atoms with Crippen LogP contribution in [0.1, 0.15) is 24.2 Å². The number of amides is 1. The summed E-state index contributed by atoms with van der Waals surface area (Å²) in [5.41, 5.74) is -0.619. The van der Waals surface area contributed by atoms with E-state index in [1.807, 2.05) is 19.9 Å². The van der Waals surface area contributed by atoms with Crippen molar-refractivity contribution in [2.45, 2.75) is 19.4 Å². The first-order chi connectivity index (χ1) is 9.06. The summed E-state index contributed by atoms with van der Waals surface area (Å²) in [4.78, 5) is 24.2. The van der Waals surface area contributed by atoms with E-state index in [4.69, 9.17) is 9.47 Å². The van der Waals surface area contributed by atoms with Crippen LogP contribution >= 0.6 is 0 Å². The molecule has 1 atom stereocenters. The zero-order valence-corrected chi connectivity index (χ0v) is 11.0. The molecule has 2 rings (SSSR count). The second-order valence-electron chi connectivity index (χ2n) is 4.84. The highest BCUT2D eigenvalue weighted by atomic mass is 16.7. The van der Waals surface area contributed by atoms with Crippen molar-refractivity contribution in [1.82, 2.24) is 5.32 Å². The number of rotatable bonds is 3. The van der Waals surface area contributed by atoms with Crippen molar-refractivity contribution in [1.29, 1.82) is 0 Å². The van der Waals surface area contributed by atoms with E-state index in [2.05, 4.69) is 5.32 Å². The van der Waals surface area contributed by atoms with Crippen LogP contribution in [0.2, 0.25) is 0 Å². The van der Waals surface area contributed by atoms with Crippen LogP contribution in [-0.2, 0) is 14.3 Å². The Morgan fingerprint density at radius 2 is 2.00 bits per heavy atom. The Labute approximate surface area is 111 Å². The van der Waals surface area contributed by atoms with Gasteiger partial charge >= 0.3 is 5.97 Å². The summed E-state index contributed by atoms with van der Waals surface area (Å²) >= 11 is 0. The number of benzene rings is 1. The maximum absolute atomic E-state index is 12.2. The standard InChI is InChI=1S/C14H17NO4/c1-10(2)14(8-18-9-19-13(14)17)15-12(16)11-6-4-3-5-7-11/h3-7,10H,8-9H2,1-2H3,(H,15,16)/t14-/m0/s1. The topological polar surface area (TPSA) is 64.6 Å². The molecule has 0 aliphatic carbocycles. The molecule has 1 saturated heterocycles. The maximum atomic E-state index is 12.2. The molecular weight excluding hydrogens is 246 g/mol. The molecule has 1 aliphatic rings. The zero-order chi connectivity index (χ0) is 13.9. The first kappa shape index (κ1) is 13.5. The largest absolute Gasteiger partial charge is 0.437 e. The Kier molecular flexibility index (Phi) is 3.85. The minimum Gasteiger partial charge on any atom is -0.437 e. The molecule has 1 amide bonds. The summed E-state index contributed by atoms with van der Waals surface area (Å²) < 4.78 is 10.1. The molecule has 1 heterocycles. The number of carbonyl (C=O) groups excluding carboxylic acids is 2. The summed E-state index contributed by atoms with van der Waals surface area (Å²) in [6.45, 7) is 3.76. The highest BCUT2D eigenvalue weighted by Crippen LogP contribution is 2.23. The molecule has 1 aromatic carbocycles. The van der Waals surface area contributed by atoms with Crippen molar-refractivity contribution in [2.75, 3.05) is 13.4 Å². The molecule has 0 radical (unpaired) electrons. The predicted octanol–water partition coefficient (Wildman–Crippen LogP) is 1.34. The van der Waals surface area contributed by atoms with Crippen LogP contribution in [0.15, 0.2) is 30.3 Å². The molecule has 5 nitrogen and oxygen atoms in total. The molecular formula is C14H17NO4. The van der Waals surface area contributed by atoms with E-state index in [1.54, 1.807) is 24.3 Å². The molecule has 5 heteroatoms. The van der Waals surface area contributed by atoms with E-state index in [0.717, 1.165) is 0 Å². The summed E-state index contributed by atoms with van der Waals surface area (Å²) in [7, 11) is 0. The maximum Gasteiger partial charge on any atom is 0.336 e. The second kappa shape index (κ2) is 5.40. The summed E-state index contributed by atoms with van der Waals surface area (Å²) in [5.74, 6) is -0.886. The minimum absolute atomic E-state index is 0.0610. The van der Waals surface area contributed by atoms with Crippen LogP contribution < -0.4 is 5.32 Å². The monoisotopic (exact) mass is 263 g/mol. The van der Waals surface area contributed by atoms with Crippen LogP contribution in [-0.4, -0.2) is 30.8 Å². The fourth-order valence-corrected chi connectivity index (χ4v) is 1.98. The van der Waals surface area contributed by atoms with Gasteiger partial charge in [-0.25, -0.2) is 4.79 Å². The fourth-order valence-electron chi connectivity index (χ4n) is 1.98. The van der Waals surface area contributed by atoms with Crippen LogP contribution in [0, 0.1) is 5.92 Å². The number of ether oxygens (including phenoxy) is 2. The van der Waals surface area contributed by atoms with E-state index in [1.165, 1.54) is 0 Å². The van der Waals surface area contributed by atoms with Crippen LogP contribution in [0.4, 0.5) is 0 Å². The Balaban J connectivity index is 2.22. The Morgan fingerprint density at radius 1 is 1.32 bits per heavy atom. The number of esters is 1. The zero-order valence-electron chi connectivity index (χ0n) is 11.0. The van der Waals surface area contributed by atoms with Gasteiger partial charge < -0.3 is 14.8 Å². The van der Waals surface area contributed by atoms with Crippen molar-refractivity contribution in [3.8, 4) is 0 Å². The third kappa shape index (κ3) is 2.61.